The molecule has 0 bridgehead atoms. The largest absolute Gasteiger partial charge is 0.508 e. The number of rotatable bonds is 7. The van der Waals surface area contributed by atoms with Gasteiger partial charge in [-0.2, -0.15) is 9.94 Å². The number of thioether (sulfide) groups is 1. The van der Waals surface area contributed by atoms with Crippen LogP contribution in [0.1, 0.15) is 13.3 Å². The first-order valence-electron chi connectivity index (χ1n) is 8.58. The summed E-state index contributed by atoms with van der Waals surface area (Å²) in [5.74, 6) is 0.0114. The van der Waals surface area contributed by atoms with Crippen LogP contribution >= 0.6 is 11.8 Å². The molecule has 0 saturated carbocycles. The molecular formula is C19H18N6O2S. The quantitative estimate of drug-likeness (QED) is 0.614. The van der Waals surface area contributed by atoms with E-state index in [0.717, 1.165) is 5.69 Å². The monoisotopic (exact) mass is 394 g/mol. The van der Waals surface area contributed by atoms with Crippen LogP contribution in [0.4, 0.5) is 5.69 Å². The van der Waals surface area contributed by atoms with Gasteiger partial charge < -0.3 is 10.0 Å². The number of phenolic OH excluding ortho intramolecular Hbond substituents is 1. The third-order valence-corrected chi connectivity index (χ3v) is 4.97. The van der Waals surface area contributed by atoms with Gasteiger partial charge in [0.15, 0.2) is 0 Å². The van der Waals surface area contributed by atoms with Crippen LogP contribution in [-0.4, -0.2) is 43.0 Å². The smallest absolute Gasteiger partial charge is 0.240 e. The summed E-state index contributed by atoms with van der Waals surface area (Å²) in [4.78, 5) is 14.7. The zero-order valence-electron chi connectivity index (χ0n) is 15.1. The van der Waals surface area contributed by atoms with Crippen molar-refractivity contribution in [3.05, 3.63) is 54.6 Å². The SMILES string of the molecule is C[C@@H](Sc1nnnn1-c1ccc(O)cc1)C(=O)N(CCC#N)c1ccccc1. The molecule has 28 heavy (non-hydrogen) atoms. The van der Waals surface area contributed by atoms with E-state index in [2.05, 4.69) is 21.6 Å². The van der Waals surface area contributed by atoms with E-state index in [1.165, 1.54) is 16.4 Å². The maximum Gasteiger partial charge on any atom is 0.240 e. The molecule has 8 nitrogen and oxygen atoms in total. The van der Waals surface area contributed by atoms with Gasteiger partial charge in [0.25, 0.3) is 0 Å². The molecule has 0 aliphatic heterocycles. The highest BCUT2D eigenvalue weighted by Gasteiger charge is 2.25. The standard InChI is InChI=1S/C19H18N6O2S/c1-14(18(27)24(13-5-12-20)15-6-3-2-4-7-15)28-19-21-22-23-25(19)16-8-10-17(26)11-9-16/h2-4,6-11,14,26H,5,13H2,1H3/t14-/m1/s1. The summed E-state index contributed by atoms with van der Waals surface area (Å²) in [6.45, 7) is 2.10. The van der Waals surface area contributed by atoms with Gasteiger partial charge in [0.2, 0.25) is 11.1 Å². The number of phenols is 1. The van der Waals surface area contributed by atoms with E-state index in [1.807, 2.05) is 30.3 Å². The van der Waals surface area contributed by atoms with Crippen LogP contribution in [0.25, 0.3) is 5.69 Å². The Morgan fingerprint density at radius 1 is 1.25 bits per heavy atom. The first-order valence-corrected chi connectivity index (χ1v) is 9.46. The maximum atomic E-state index is 13.1. The summed E-state index contributed by atoms with van der Waals surface area (Å²) in [7, 11) is 0. The predicted molar refractivity (Wildman–Crippen MR) is 105 cm³/mol. The molecule has 0 radical (unpaired) electrons. The third-order valence-electron chi connectivity index (χ3n) is 3.95. The topological polar surface area (TPSA) is 108 Å². The van der Waals surface area contributed by atoms with Crippen molar-refractivity contribution in [1.29, 1.82) is 5.26 Å². The van der Waals surface area contributed by atoms with Crippen LogP contribution in [0.2, 0.25) is 0 Å². The highest BCUT2D eigenvalue weighted by Crippen LogP contribution is 2.26. The van der Waals surface area contributed by atoms with Crippen LogP contribution < -0.4 is 4.90 Å². The van der Waals surface area contributed by atoms with E-state index in [4.69, 9.17) is 5.26 Å². The minimum absolute atomic E-state index is 0.133. The van der Waals surface area contributed by atoms with E-state index < -0.39 is 5.25 Å². The average Bonchev–Trinajstić information content (AvgIpc) is 3.17. The average molecular weight is 394 g/mol. The van der Waals surface area contributed by atoms with Crippen LogP contribution in [0.3, 0.4) is 0 Å². The van der Waals surface area contributed by atoms with Crippen LogP contribution in [0, 0.1) is 11.3 Å². The number of hydrogen-bond acceptors (Lipinski definition) is 7. The highest BCUT2D eigenvalue weighted by molar-refractivity contribution is 8.00. The number of nitrogens with zero attached hydrogens (tertiary/aromatic N) is 6. The van der Waals surface area contributed by atoms with Gasteiger partial charge in [-0.3, -0.25) is 4.79 Å². The summed E-state index contributed by atoms with van der Waals surface area (Å²) in [5, 5.41) is 30.0. The summed E-state index contributed by atoms with van der Waals surface area (Å²) >= 11 is 1.23. The van der Waals surface area contributed by atoms with Gasteiger partial charge in [-0.05, 0) is 53.7 Å². The Balaban J connectivity index is 1.79. The number of para-hydroxylation sites is 1. The van der Waals surface area contributed by atoms with Crippen molar-refractivity contribution < 1.29 is 9.90 Å². The van der Waals surface area contributed by atoms with Crippen molar-refractivity contribution in [2.45, 2.75) is 23.8 Å². The maximum absolute atomic E-state index is 13.1. The molecule has 142 valence electrons. The van der Waals surface area contributed by atoms with E-state index in [1.54, 1.807) is 36.1 Å². The number of carbonyl (C=O) groups excluding carboxylic acids is 1. The molecule has 9 heteroatoms. The lowest BCUT2D eigenvalue weighted by Crippen LogP contribution is -2.37. The Hall–Kier alpha value is -3.38. The van der Waals surface area contributed by atoms with Gasteiger partial charge in [-0.15, -0.1) is 5.10 Å². The second-order valence-electron chi connectivity index (χ2n) is 5.88. The van der Waals surface area contributed by atoms with E-state index >= 15 is 0 Å². The Morgan fingerprint density at radius 2 is 1.96 bits per heavy atom. The van der Waals surface area contributed by atoms with Crippen molar-refractivity contribution in [3.63, 3.8) is 0 Å². The number of carbonyl (C=O) groups is 1. The van der Waals surface area contributed by atoms with E-state index in [9.17, 15) is 9.90 Å². The molecular weight excluding hydrogens is 376 g/mol. The lowest BCUT2D eigenvalue weighted by Gasteiger charge is -2.24. The number of benzene rings is 2. The molecule has 1 atom stereocenters. The molecule has 2 aromatic carbocycles. The normalized spacial score (nSPS) is 11.6. The minimum Gasteiger partial charge on any atom is -0.508 e. The number of aromatic hydroxyl groups is 1. The Morgan fingerprint density at radius 3 is 2.64 bits per heavy atom. The fourth-order valence-electron chi connectivity index (χ4n) is 2.57. The zero-order chi connectivity index (χ0) is 19.9. The molecule has 0 saturated heterocycles. The van der Waals surface area contributed by atoms with Crippen molar-refractivity contribution in [2.24, 2.45) is 0 Å². The first-order chi connectivity index (χ1) is 13.6. The number of aromatic nitrogens is 4. The van der Waals surface area contributed by atoms with Gasteiger partial charge in [-0.25, -0.2) is 0 Å². The van der Waals surface area contributed by atoms with Crippen LogP contribution in [0.5, 0.6) is 5.75 Å². The Labute approximate surface area is 166 Å². The van der Waals surface area contributed by atoms with Crippen molar-refractivity contribution in [2.75, 3.05) is 11.4 Å². The molecule has 0 unspecified atom stereocenters. The zero-order valence-corrected chi connectivity index (χ0v) is 16.0. The van der Waals surface area contributed by atoms with Gasteiger partial charge in [0.1, 0.15) is 5.75 Å². The lowest BCUT2D eigenvalue weighted by molar-refractivity contribution is -0.117. The van der Waals surface area contributed by atoms with Gasteiger partial charge in [-0.1, -0.05) is 30.0 Å². The predicted octanol–water partition coefficient (Wildman–Crippen LogP) is 2.80. The summed E-state index contributed by atoms with van der Waals surface area (Å²) in [5.41, 5.74) is 1.42. The Bertz CT molecular complexity index is 968. The molecule has 0 aliphatic rings. The van der Waals surface area contributed by atoms with Crippen LogP contribution in [0.15, 0.2) is 59.8 Å². The second-order valence-corrected chi connectivity index (χ2v) is 7.19. The van der Waals surface area contributed by atoms with Gasteiger partial charge in [0.05, 0.1) is 23.4 Å². The molecule has 0 aliphatic carbocycles. The Kier molecular flexibility index (Phi) is 6.24. The molecule has 3 aromatic rings. The molecule has 1 amide bonds. The molecule has 0 spiro atoms. The molecule has 1 heterocycles. The molecule has 3 rings (SSSR count). The summed E-state index contributed by atoms with van der Waals surface area (Å²) in [6, 6.07) is 17.8. The molecule has 1 N–H and O–H groups in total. The lowest BCUT2D eigenvalue weighted by atomic mass is 10.2. The molecule has 0 fully saturated rings. The van der Waals surface area contributed by atoms with Gasteiger partial charge >= 0.3 is 0 Å². The number of amides is 1. The fraction of sp³-hybridized carbons (Fsp3) is 0.211. The fourth-order valence-corrected chi connectivity index (χ4v) is 3.44. The van der Waals surface area contributed by atoms with Crippen LogP contribution in [-0.2, 0) is 4.79 Å². The number of nitriles is 1. The van der Waals surface area contributed by atoms with Crippen molar-refractivity contribution in [3.8, 4) is 17.5 Å². The highest BCUT2D eigenvalue weighted by atomic mass is 32.2. The van der Waals surface area contributed by atoms with Crippen molar-refractivity contribution >= 4 is 23.4 Å². The number of anilines is 1. The summed E-state index contributed by atoms with van der Waals surface area (Å²) in [6.07, 6.45) is 0.239. The number of tetrazole rings is 1. The van der Waals surface area contributed by atoms with E-state index in [0.29, 0.717) is 17.4 Å². The first kappa shape index (κ1) is 19.4. The van der Waals surface area contributed by atoms with E-state index in [-0.39, 0.29) is 18.1 Å². The second kappa shape index (κ2) is 9.01. The van der Waals surface area contributed by atoms with Crippen molar-refractivity contribution in [1.82, 2.24) is 20.2 Å². The number of hydrogen-bond donors (Lipinski definition) is 1. The molecule has 1 aromatic heterocycles. The minimum atomic E-state index is -0.472. The summed E-state index contributed by atoms with van der Waals surface area (Å²) < 4.78 is 1.51. The third kappa shape index (κ3) is 4.47. The van der Waals surface area contributed by atoms with Gasteiger partial charge in [0, 0.05) is 12.2 Å².